The Morgan fingerprint density at radius 1 is 1.05 bits per heavy atom. The average Bonchev–Trinajstić information content (AvgIpc) is 3.72. The van der Waals surface area contributed by atoms with Gasteiger partial charge < -0.3 is 20.1 Å². The molecule has 2 atom stereocenters. The maximum atomic E-state index is 16.6. The van der Waals surface area contributed by atoms with Crippen molar-refractivity contribution >= 4 is 60.5 Å². The van der Waals surface area contributed by atoms with Crippen molar-refractivity contribution in [1.82, 2.24) is 9.88 Å². The van der Waals surface area contributed by atoms with Gasteiger partial charge in [0.2, 0.25) is 0 Å². The van der Waals surface area contributed by atoms with Gasteiger partial charge in [-0.25, -0.2) is 4.39 Å². The summed E-state index contributed by atoms with van der Waals surface area (Å²) in [6.45, 7) is 0.580. The lowest BCUT2D eigenvalue weighted by Crippen LogP contribution is -2.62. The van der Waals surface area contributed by atoms with Crippen molar-refractivity contribution in [3.8, 4) is 0 Å². The summed E-state index contributed by atoms with van der Waals surface area (Å²) >= 11 is 12.3. The van der Waals surface area contributed by atoms with E-state index < -0.39 is 45.9 Å². The number of carbonyl (C=O) groups excluding carboxylic acids is 1. The highest BCUT2D eigenvalue weighted by molar-refractivity contribution is 6.45. The van der Waals surface area contributed by atoms with Gasteiger partial charge in [0.05, 0.1) is 35.0 Å². The van der Waals surface area contributed by atoms with E-state index in [0.29, 0.717) is 34.1 Å². The Morgan fingerprint density at radius 2 is 1.67 bits per heavy atom. The summed E-state index contributed by atoms with van der Waals surface area (Å²) in [5.74, 6) is -1.36. The Bertz CT molecular complexity index is 1530. The molecule has 14 heteroatoms. The van der Waals surface area contributed by atoms with Gasteiger partial charge in [-0.1, -0.05) is 35.3 Å². The molecule has 0 bridgehead atoms. The van der Waals surface area contributed by atoms with E-state index in [-0.39, 0.29) is 23.2 Å². The predicted octanol–water partition coefficient (Wildman–Crippen LogP) is 0.213. The van der Waals surface area contributed by atoms with Crippen LogP contribution in [0.2, 0.25) is 10.0 Å². The summed E-state index contributed by atoms with van der Waals surface area (Å²) in [5, 5.41) is 30.5. The van der Waals surface area contributed by atoms with Crippen molar-refractivity contribution < 1.29 is 29.2 Å². The van der Waals surface area contributed by atoms with Crippen LogP contribution in [0.15, 0.2) is 54.7 Å². The first-order valence-corrected chi connectivity index (χ1v) is 14.5. The highest BCUT2D eigenvalue weighted by Gasteiger charge is 2.66. The second-order valence-corrected chi connectivity index (χ2v) is 13.4. The van der Waals surface area contributed by atoms with Gasteiger partial charge in [0.15, 0.2) is 5.72 Å². The van der Waals surface area contributed by atoms with Gasteiger partial charge >= 0.3 is 0 Å². The summed E-state index contributed by atoms with van der Waals surface area (Å²) in [5.41, 5.74) is -3.42. The van der Waals surface area contributed by atoms with Crippen molar-refractivity contribution in [1.29, 1.82) is 0 Å². The first-order chi connectivity index (χ1) is 19.5. The van der Waals surface area contributed by atoms with Crippen LogP contribution < -0.4 is 0 Å². The molecule has 2 aliphatic rings. The summed E-state index contributed by atoms with van der Waals surface area (Å²) in [6.07, 6.45) is 2.80. The second kappa shape index (κ2) is 10.4. The number of benzene rings is 2. The van der Waals surface area contributed by atoms with E-state index in [2.05, 4.69) is 4.98 Å². The van der Waals surface area contributed by atoms with E-state index in [4.69, 9.17) is 27.9 Å². The SMILES string of the molecule is BC(B)(O)C1(C(B)(B)O[C@]2(c3ccc(Cl)cc3)c3c(F)cc(C(C)(O)CO)cc3C(=O)N2Cc2ccc(Cl)cn2)CC1. The number of hydrogen-bond acceptors (Lipinski definition) is 6. The fourth-order valence-corrected chi connectivity index (χ4v) is 6.71. The van der Waals surface area contributed by atoms with E-state index >= 15 is 4.39 Å². The van der Waals surface area contributed by atoms with E-state index in [1.54, 1.807) is 52.1 Å². The minimum Gasteiger partial charge on any atom is -0.407 e. The maximum Gasteiger partial charge on any atom is 0.257 e. The molecule has 3 N–H and O–H groups in total. The largest absolute Gasteiger partial charge is 0.407 e. The summed E-state index contributed by atoms with van der Waals surface area (Å²) < 4.78 is 23.7. The zero-order valence-electron chi connectivity index (χ0n) is 24.2. The number of hydrogen-bond donors (Lipinski definition) is 3. The first kappa shape index (κ1) is 31.1. The van der Waals surface area contributed by atoms with E-state index in [1.807, 2.05) is 15.7 Å². The van der Waals surface area contributed by atoms with E-state index in [0.717, 1.165) is 6.07 Å². The third kappa shape index (κ3) is 4.90. The van der Waals surface area contributed by atoms with Crippen LogP contribution in [-0.2, 0) is 22.6 Å². The van der Waals surface area contributed by atoms with Crippen LogP contribution in [0.1, 0.15) is 52.5 Å². The molecule has 1 aliphatic heterocycles. The molecular formula is C28H31B4Cl2FN2O5. The Kier molecular flexibility index (Phi) is 7.70. The zero-order chi connectivity index (χ0) is 30.9. The molecule has 216 valence electrons. The minimum atomic E-state index is -1.82. The number of carbonyl (C=O) groups is 1. The van der Waals surface area contributed by atoms with Gasteiger partial charge in [0.25, 0.3) is 5.91 Å². The maximum absolute atomic E-state index is 16.6. The molecule has 2 heterocycles. The molecule has 0 saturated heterocycles. The van der Waals surface area contributed by atoms with Crippen molar-refractivity contribution in [3.05, 3.63) is 98.5 Å². The number of amides is 1. The van der Waals surface area contributed by atoms with E-state index in [1.165, 1.54) is 24.1 Å². The lowest BCUT2D eigenvalue weighted by atomic mass is 9.43. The molecule has 2 aromatic carbocycles. The van der Waals surface area contributed by atoms with Gasteiger partial charge in [-0.3, -0.25) is 14.7 Å². The van der Waals surface area contributed by atoms with Crippen LogP contribution in [0.5, 0.6) is 0 Å². The molecule has 1 saturated carbocycles. The number of aliphatic hydroxyl groups excluding tert-OH is 1. The molecule has 1 aromatic heterocycles. The number of rotatable bonds is 9. The number of nitrogens with zero attached hydrogens (tertiary/aromatic N) is 2. The normalized spacial score (nSPS) is 21.2. The molecule has 1 unspecified atom stereocenters. The zero-order valence-corrected chi connectivity index (χ0v) is 25.7. The fourth-order valence-electron chi connectivity index (χ4n) is 6.47. The first-order valence-electron chi connectivity index (χ1n) is 13.8. The second-order valence-electron chi connectivity index (χ2n) is 12.6. The standard InChI is InChI=1S/C28H31B4Cl2FN2O5/c1-24(40,14-38)16-10-20-22(21(35)11-16)26(15-2-4-17(33)5-3-15,42-28(31,32)25(8-9-25)27(29,30)41)37(23(20)39)13-19-7-6-18(34)12-36-19/h2-7,10-12,38,40-41H,8-9,13-14,29-32H2,1H3/t24?,26-/m1/s1. The van der Waals surface area contributed by atoms with Crippen molar-refractivity contribution in [2.24, 2.45) is 5.41 Å². The molecule has 1 fully saturated rings. The van der Waals surface area contributed by atoms with Gasteiger partial charge in [0, 0.05) is 27.6 Å². The van der Waals surface area contributed by atoms with Crippen LogP contribution in [0.25, 0.3) is 0 Å². The minimum absolute atomic E-state index is 0.0217. The topological polar surface area (TPSA) is 103 Å². The summed E-state index contributed by atoms with van der Waals surface area (Å²) in [7, 11) is 7.15. The van der Waals surface area contributed by atoms with Gasteiger partial charge in [-0.05, 0) is 67.1 Å². The Morgan fingerprint density at radius 3 is 2.19 bits per heavy atom. The molecular weight excluding hydrogens is 577 g/mol. The quantitative estimate of drug-likeness (QED) is 0.301. The number of pyridine rings is 1. The highest BCUT2D eigenvalue weighted by Crippen LogP contribution is 2.61. The lowest BCUT2D eigenvalue weighted by Gasteiger charge is -2.51. The third-order valence-electron chi connectivity index (χ3n) is 9.04. The summed E-state index contributed by atoms with van der Waals surface area (Å²) in [4.78, 5) is 20.2. The highest BCUT2D eigenvalue weighted by atomic mass is 35.5. The number of aliphatic hydroxyl groups is 3. The van der Waals surface area contributed by atoms with Crippen LogP contribution in [0, 0.1) is 11.2 Å². The molecule has 1 aliphatic carbocycles. The average molecular weight is 609 g/mol. The third-order valence-corrected chi connectivity index (χ3v) is 9.51. The Balaban J connectivity index is 1.81. The molecule has 0 spiro atoms. The van der Waals surface area contributed by atoms with Crippen molar-refractivity contribution in [2.45, 2.75) is 48.4 Å². The van der Waals surface area contributed by atoms with Gasteiger partial charge in [0.1, 0.15) is 42.8 Å². The molecule has 0 radical (unpaired) electrons. The fraction of sp³-hybridized carbons (Fsp3) is 0.357. The van der Waals surface area contributed by atoms with Crippen LogP contribution >= 0.6 is 23.2 Å². The van der Waals surface area contributed by atoms with Gasteiger partial charge in [-0.2, -0.15) is 0 Å². The lowest BCUT2D eigenvalue weighted by molar-refractivity contribution is -0.169. The van der Waals surface area contributed by atoms with Crippen LogP contribution in [0.4, 0.5) is 4.39 Å². The smallest absolute Gasteiger partial charge is 0.257 e. The van der Waals surface area contributed by atoms with Crippen LogP contribution in [0.3, 0.4) is 0 Å². The molecule has 42 heavy (non-hydrogen) atoms. The number of aromatic nitrogens is 1. The molecule has 1 amide bonds. The molecule has 7 nitrogen and oxygen atoms in total. The van der Waals surface area contributed by atoms with E-state index in [9.17, 15) is 20.1 Å². The van der Waals surface area contributed by atoms with Crippen LogP contribution in [-0.4, -0.2) is 79.9 Å². The van der Waals surface area contributed by atoms with Gasteiger partial charge in [-0.15, -0.1) is 0 Å². The Hall–Kier alpha value is -2.33. The van der Waals surface area contributed by atoms with Crippen molar-refractivity contribution in [3.63, 3.8) is 0 Å². The number of halogens is 3. The monoisotopic (exact) mass is 608 g/mol. The van der Waals surface area contributed by atoms with Crippen molar-refractivity contribution in [2.75, 3.05) is 6.61 Å². The predicted molar refractivity (Wildman–Crippen MR) is 169 cm³/mol. The Labute approximate surface area is 258 Å². The molecule has 3 aromatic rings. The number of fused-ring (bicyclic) bond motifs is 1. The number of ether oxygens (including phenoxy) is 1. The molecule has 5 rings (SSSR count). The summed E-state index contributed by atoms with van der Waals surface area (Å²) in [6, 6.07) is 12.5.